The minimum absolute atomic E-state index is 0.0147. The number of benzene rings is 2. The van der Waals surface area contributed by atoms with Crippen molar-refractivity contribution in [1.29, 1.82) is 0 Å². The Morgan fingerprint density at radius 1 is 1.21 bits per heavy atom. The number of carbonyl (C=O) groups is 1. The van der Waals surface area contributed by atoms with Gasteiger partial charge in [-0.3, -0.25) is 4.79 Å². The van der Waals surface area contributed by atoms with E-state index in [0.717, 1.165) is 5.56 Å². The van der Waals surface area contributed by atoms with E-state index in [1.807, 2.05) is 30.3 Å². The van der Waals surface area contributed by atoms with Crippen LogP contribution < -0.4 is 4.90 Å². The maximum Gasteiger partial charge on any atom is 0.252 e. The molecule has 2 aliphatic heterocycles. The summed E-state index contributed by atoms with van der Waals surface area (Å²) >= 11 is 7.03. The summed E-state index contributed by atoms with van der Waals surface area (Å²) in [7, 11) is -3.19. The Morgan fingerprint density at radius 3 is 2.68 bits per heavy atom. The van der Waals surface area contributed by atoms with Crippen LogP contribution in [-0.4, -0.2) is 42.3 Å². The van der Waals surface area contributed by atoms with Gasteiger partial charge in [-0.25, -0.2) is 12.8 Å². The lowest BCUT2D eigenvalue weighted by Gasteiger charge is -2.24. The van der Waals surface area contributed by atoms with Crippen molar-refractivity contribution >= 4 is 50.0 Å². The number of thioether (sulfide) groups is 1. The van der Waals surface area contributed by atoms with Crippen LogP contribution in [0.25, 0.3) is 0 Å². The number of carbonyl (C=O) groups excluding carboxylic acids is 1. The first kappa shape index (κ1) is 19.4. The molecule has 2 fully saturated rings. The van der Waals surface area contributed by atoms with E-state index in [0.29, 0.717) is 10.9 Å². The van der Waals surface area contributed by atoms with E-state index in [2.05, 4.69) is 4.99 Å². The number of fused-ring (bicyclic) bond motifs is 1. The van der Waals surface area contributed by atoms with Gasteiger partial charge in [0.1, 0.15) is 5.82 Å². The van der Waals surface area contributed by atoms with Crippen molar-refractivity contribution in [3.63, 3.8) is 0 Å². The Balaban J connectivity index is 1.67. The van der Waals surface area contributed by atoms with Crippen LogP contribution in [0.5, 0.6) is 0 Å². The standard InChI is InChI=1S/C19H16ClFN2O3S2/c20-14-7-6-13(9-15(14)21)23-16-10-28(25,26)11-17(16)27-19(23)22-18(24)8-12-4-2-1-3-5-12/h1-7,9,16-17H,8,10-11H2/t16-,17+/m1/s1. The molecule has 146 valence electrons. The Hall–Kier alpha value is -1.90. The number of rotatable bonds is 3. The maximum absolute atomic E-state index is 14.0. The molecule has 28 heavy (non-hydrogen) atoms. The van der Waals surface area contributed by atoms with E-state index < -0.39 is 15.7 Å². The number of sulfone groups is 1. The average Bonchev–Trinajstić information content (AvgIpc) is 3.09. The molecule has 2 aromatic carbocycles. The van der Waals surface area contributed by atoms with Crippen LogP contribution in [0.3, 0.4) is 0 Å². The zero-order valence-corrected chi connectivity index (χ0v) is 17.0. The fraction of sp³-hybridized carbons (Fsp3) is 0.263. The normalized spacial score (nSPS) is 24.5. The molecule has 0 unspecified atom stereocenters. The molecule has 9 heteroatoms. The number of hydrogen-bond acceptors (Lipinski definition) is 4. The summed E-state index contributed by atoms with van der Waals surface area (Å²) in [5, 5.41) is 0.129. The monoisotopic (exact) mass is 438 g/mol. The van der Waals surface area contributed by atoms with Crippen LogP contribution in [-0.2, 0) is 21.1 Å². The highest BCUT2D eigenvalue weighted by Crippen LogP contribution is 2.41. The summed E-state index contributed by atoms with van der Waals surface area (Å²) in [6.45, 7) is 0. The summed E-state index contributed by atoms with van der Waals surface area (Å²) in [4.78, 5) is 18.4. The van der Waals surface area contributed by atoms with Gasteiger partial charge in [0.05, 0.1) is 29.0 Å². The van der Waals surface area contributed by atoms with Crippen molar-refractivity contribution in [2.75, 3.05) is 16.4 Å². The van der Waals surface area contributed by atoms with Crippen LogP contribution in [0, 0.1) is 5.82 Å². The highest BCUT2D eigenvalue weighted by Gasteiger charge is 2.49. The topological polar surface area (TPSA) is 66.8 Å². The van der Waals surface area contributed by atoms with Gasteiger partial charge in [0.25, 0.3) is 5.91 Å². The molecule has 2 saturated heterocycles. The van der Waals surface area contributed by atoms with E-state index in [1.165, 1.54) is 23.9 Å². The van der Waals surface area contributed by atoms with E-state index in [1.54, 1.807) is 11.0 Å². The molecule has 4 rings (SSSR count). The molecule has 5 nitrogen and oxygen atoms in total. The van der Waals surface area contributed by atoms with Crippen molar-refractivity contribution < 1.29 is 17.6 Å². The van der Waals surface area contributed by atoms with Crippen molar-refractivity contribution in [1.82, 2.24) is 0 Å². The molecule has 2 atom stereocenters. The zero-order valence-electron chi connectivity index (χ0n) is 14.6. The number of amides is 1. The summed E-state index contributed by atoms with van der Waals surface area (Å²) in [5.74, 6) is -0.985. The van der Waals surface area contributed by atoms with Gasteiger partial charge in [-0.1, -0.05) is 53.7 Å². The third-order valence-electron chi connectivity index (χ3n) is 4.67. The van der Waals surface area contributed by atoms with Crippen molar-refractivity contribution in [2.24, 2.45) is 4.99 Å². The summed E-state index contributed by atoms with van der Waals surface area (Å²) in [6.07, 6.45) is 0.140. The van der Waals surface area contributed by atoms with Crippen molar-refractivity contribution in [2.45, 2.75) is 17.7 Å². The molecule has 0 aliphatic carbocycles. The number of aliphatic imine (C=N–C) groups is 1. The Morgan fingerprint density at radius 2 is 1.96 bits per heavy atom. The molecule has 0 N–H and O–H groups in total. The van der Waals surface area contributed by atoms with Gasteiger partial charge >= 0.3 is 0 Å². The number of halogens is 2. The van der Waals surface area contributed by atoms with Gasteiger partial charge < -0.3 is 4.90 Å². The lowest BCUT2D eigenvalue weighted by Crippen LogP contribution is -2.37. The van der Waals surface area contributed by atoms with Gasteiger partial charge in [-0.2, -0.15) is 4.99 Å². The second-order valence-electron chi connectivity index (χ2n) is 6.72. The summed E-state index contributed by atoms with van der Waals surface area (Å²) in [6, 6.07) is 13.1. The molecule has 0 radical (unpaired) electrons. The van der Waals surface area contributed by atoms with Crippen molar-refractivity contribution in [3.8, 4) is 0 Å². The fourth-order valence-electron chi connectivity index (χ4n) is 3.42. The first-order valence-electron chi connectivity index (χ1n) is 8.59. The molecule has 0 bridgehead atoms. The second kappa shape index (κ2) is 7.50. The highest BCUT2D eigenvalue weighted by atomic mass is 35.5. The molecule has 1 amide bonds. The van der Waals surface area contributed by atoms with E-state index in [9.17, 15) is 17.6 Å². The zero-order chi connectivity index (χ0) is 19.9. The van der Waals surface area contributed by atoms with Crippen LogP contribution in [0.4, 0.5) is 10.1 Å². The molecule has 0 spiro atoms. The van der Waals surface area contributed by atoms with Crippen LogP contribution in [0.15, 0.2) is 53.5 Å². The quantitative estimate of drug-likeness (QED) is 0.735. The van der Waals surface area contributed by atoms with Gasteiger partial charge in [-0.05, 0) is 23.8 Å². The molecule has 0 aromatic heterocycles. The number of nitrogens with zero attached hydrogens (tertiary/aromatic N) is 2. The molecular weight excluding hydrogens is 423 g/mol. The fourth-order valence-corrected chi connectivity index (χ4v) is 7.47. The van der Waals surface area contributed by atoms with E-state index in [-0.39, 0.29) is 40.1 Å². The second-order valence-corrected chi connectivity index (χ2v) is 10.5. The molecular formula is C19H16ClFN2O3S2. The SMILES string of the molecule is O=C(Cc1ccccc1)N=C1S[C@H]2CS(=O)(=O)C[C@H]2N1c1ccc(Cl)c(F)c1. The Kier molecular flexibility index (Phi) is 5.20. The van der Waals surface area contributed by atoms with Crippen LogP contribution in [0.2, 0.25) is 5.02 Å². The third kappa shape index (κ3) is 3.94. The maximum atomic E-state index is 14.0. The summed E-state index contributed by atoms with van der Waals surface area (Å²) < 4.78 is 38.2. The number of amidine groups is 1. The Bertz CT molecular complexity index is 1060. The predicted molar refractivity (Wildman–Crippen MR) is 110 cm³/mol. The van der Waals surface area contributed by atoms with Crippen LogP contribution >= 0.6 is 23.4 Å². The highest BCUT2D eigenvalue weighted by molar-refractivity contribution is 8.16. The van der Waals surface area contributed by atoms with Gasteiger partial charge in [0.2, 0.25) is 0 Å². The minimum Gasteiger partial charge on any atom is -0.315 e. The van der Waals surface area contributed by atoms with Gasteiger partial charge in [-0.15, -0.1) is 0 Å². The molecule has 2 aliphatic rings. The van der Waals surface area contributed by atoms with E-state index >= 15 is 0 Å². The number of hydrogen-bond donors (Lipinski definition) is 0. The predicted octanol–water partition coefficient (Wildman–Crippen LogP) is 3.32. The average molecular weight is 439 g/mol. The van der Waals surface area contributed by atoms with Gasteiger partial charge in [0, 0.05) is 10.9 Å². The summed E-state index contributed by atoms with van der Waals surface area (Å²) in [5.41, 5.74) is 1.27. The Labute approximate surface area is 171 Å². The smallest absolute Gasteiger partial charge is 0.252 e. The van der Waals surface area contributed by atoms with Gasteiger partial charge in [0.15, 0.2) is 15.0 Å². The van der Waals surface area contributed by atoms with E-state index in [4.69, 9.17) is 11.6 Å². The number of anilines is 1. The molecule has 0 saturated carbocycles. The van der Waals surface area contributed by atoms with Crippen molar-refractivity contribution in [3.05, 3.63) is 64.9 Å². The molecule has 2 heterocycles. The van der Waals surface area contributed by atoms with Crippen LogP contribution in [0.1, 0.15) is 5.56 Å². The largest absolute Gasteiger partial charge is 0.315 e. The minimum atomic E-state index is -3.19. The third-order valence-corrected chi connectivity index (χ3v) is 8.18. The lowest BCUT2D eigenvalue weighted by atomic mass is 10.1. The molecule has 2 aromatic rings. The first-order valence-corrected chi connectivity index (χ1v) is 11.7. The lowest BCUT2D eigenvalue weighted by molar-refractivity contribution is -0.117. The first-order chi connectivity index (χ1) is 13.3.